The number of hydrogen-bond acceptors (Lipinski definition) is 6. The summed E-state index contributed by atoms with van der Waals surface area (Å²) in [6.07, 6.45) is 94.5. The van der Waals surface area contributed by atoms with Crippen LogP contribution >= 0.6 is 0 Å². The van der Waals surface area contributed by atoms with Gasteiger partial charge >= 0.3 is 17.9 Å². The van der Waals surface area contributed by atoms with E-state index < -0.39 is 6.10 Å². The van der Waals surface area contributed by atoms with Crippen molar-refractivity contribution in [2.75, 3.05) is 13.2 Å². The van der Waals surface area contributed by atoms with Gasteiger partial charge in [0.1, 0.15) is 13.2 Å². The number of hydrogen-bond donors (Lipinski definition) is 0. The topological polar surface area (TPSA) is 78.9 Å². The van der Waals surface area contributed by atoms with Crippen LogP contribution < -0.4 is 0 Å². The van der Waals surface area contributed by atoms with Crippen molar-refractivity contribution >= 4 is 17.9 Å². The molecule has 0 aromatic heterocycles. The predicted molar refractivity (Wildman–Crippen MR) is 348 cm³/mol. The van der Waals surface area contributed by atoms with Gasteiger partial charge in [-0.25, -0.2) is 0 Å². The van der Waals surface area contributed by atoms with Gasteiger partial charge in [-0.05, 0) is 116 Å². The van der Waals surface area contributed by atoms with Crippen molar-refractivity contribution in [1.29, 1.82) is 0 Å². The monoisotopic (exact) mass is 1110 g/mol. The maximum absolute atomic E-state index is 12.9. The first kappa shape index (κ1) is 75.5. The molecule has 0 rings (SSSR count). The summed E-state index contributed by atoms with van der Waals surface area (Å²) in [5.41, 5.74) is 0. The molecule has 6 nitrogen and oxygen atoms in total. The Balaban J connectivity index is 4.45. The highest BCUT2D eigenvalue weighted by Crippen LogP contribution is 2.16. The van der Waals surface area contributed by atoms with Gasteiger partial charge in [-0.15, -0.1) is 0 Å². The number of rotatable bonds is 59. The molecular formula is C74H122O6. The van der Waals surface area contributed by atoms with Gasteiger partial charge in [0, 0.05) is 19.3 Å². The average Bonchev–Trinajstić information content (AvgIpc) is 3.46. The maximum atomic E-state index is 12.9. The van der Waals surface area contributed by atoms with Crippen LogP contribution in [0.15, 0.2) is 134 Å². The molecule has 0 aliphatic carbocycles. The summed E-state index contributed by atoms with van der Waals surface area (Å²) in [5.74, 6) is -0.919. The van der Waals surface area contributed by atoms with Gasteiger partial charge in [-0.2, -0.15) is 0 Å². The fourth-order valence-electron chi connectivity index (χ4n) is 9.00. The minimum absolute atomic E-state index is 0.0922. The van der Waals surface area contributed by atoms with Crippen molar-refractivity contribution < 1.29 is 28.6 Å². The summed E-state index contributed by atoms with van der Waals surface area (Å²) in [6, 6.07) is 0. The fraction of sp³-hybridized carbons (Fsp3) is 0.662. The normalized spacial score (nSPS) is 13.0. The molecule has 0 saturated heterocycles. The molecule has 0 radical (unpaired) electrons. The van der Waals surface area contributed by atoms with E-state index in [4.69, 9.17) is 14.2 Å². The smallest absolute Gasteiger partial charge is 0.306 e. The molecule has 0 aromatic carbocycles. The Kier molecular flexibility index (Phi) is 63.3. The Morgan fingerprint density at radius 2 is 0.487 bits per heavy atom. The molecule has 0 aliphatic heterocycles. The van der Waals surface area contributed by atoms with Crippen molar-refractivity contribution in [1.82, 2.24) is 0 Å². The van der Waals surface area contributed by atoms with Gasteiger partial charge in [0.05, 0.1) is 0 Å². The lowest BCUT2D eigenvalue weighted by molar-refractivity contribution is -0.167. The van der Waals surface area contributed by atoms with Crippen LogP contribution in [0.2, 0.25) is 0 Å². The SMILES string of the molecule is CC/C=C\C/C=C\C/C=C\C/C=C\C/C=C\C/C=C\CCCCCCCCC(=O)OCC(COC(=O)CCCCCCCCCCCCCCCCCC)OC(=O)CCCCCCC/C=C\C/C=C\C/C=C\C/C=C\C/C=C\CC. The maximum Gasteiger partial charge on any atom is 0.306 e. The summed E-state index contributed by atoms with van der Waals surface area (Å²) >= 11 is 0. The lowest BCUT2D eigenvalue weighted by atomic mass is 10.0. The van der Waals surface area contributed by atoms with E-state index in [2.05, 4.69) is 154 Å². The summed E-state index contributed by atoms with van der Waals surface area (Å²) in [7, 11) is 0. The highest BCUT2D eigenvalue weighted by molar-refractivity contribution is 5.71. The van der Waals surface area contributed by atoms with Crippen LogP contribution in [0.25, 0.3) is 0 Å². The van der Waals surface area contributed by atoms with Crippen LogP contribution in [-0.2, 0) is 28.6 Å². The van der Waals surface area contributed by atoms with E-state index in [1.807, 2.05) is 0 Å². The third-order valence-corrected chi connectivity index (χ3v) is 13.9. The Morgan fingerprint density at radius 1 is 0.263 bits per heavy atom. The number of allylic oxidation sites excluding steroid dienone is 22. The standard InChI is InChI=1S/C74H122O6/c1-4-7-10-13-16-19-22-25-28-31-33-35-36-37-38-40-41-43-46-49-52-55-58-61-64-67-73(76)79-70-71(69-78-72(75)66-63-60-57-54-51-48-45-30-27-24-21-18-15-12-9-6-3)80-74(77)68-65-62-59-56-53-50-47-44-42-39-34-32-29-26-23-20-17-14-11-8-5-2/h7-8,10-11,16-17,19-20,25-26,28-29,33-35,37-39,41,43-44,47,71H,4-6,9,12-15,18,21-24,27,30-32,36,40,42,45-46,48-70H2,1-3H3/b10-7-,11-8-,19-16-,20-17-,28-25-,29-26-,35-33-,38-37-,39-34-,43-41-,47-44-. The van der Waals surface area contributed by atoms with E-state index >= 15 is 0 Å². The first-order valence-corrected chi connectivity index (χ1v) is 33.2. The number of unbranched alkanes of at least 4 members (excludes halogenated alkanes) is 26. The van der Waals surface area contributed by atoms with E-state index in [9.17, 15) is 14.4 Å². The van der Waals surface area contributed by atoms with Gasteiger partial charge in [-0.1, -0.05) is 296 Å². The summed E-state index contributed by atoms with van der Waals surface area (Å²) in [6.45, 7) is 6.41. The molecule has 0 aliphatic rings. The van der Waals surface area contributed by atoms with Crippen LogP contribution in [0.3, 0.4) is 0 Å². The molecule has 0 N–H and O–H groups in total. The van der Waals surface area contributed by atoms with Gasteiger partial charge in [0.15, 0.2) is 6.10 Å². The second kappa shape index (κ2) is 67.1. The Labute approximate surface area is 494 Å². The van der Waals surface area contributed by atoms with Crippen LogP contribution in [0, 0.1) is 0 Å². The summed E-state index contributed by atoms with van der Waals surface area (Å²) in [5, 5.41) is 0. The molecular weight excluding hydrogens is 985 g/mol. The molecule has 0 bridgehead atoms. The predicted octanol–water partition coefficient (Wildman–Crippen LogP) is 22.9. The van der Waals surface area contributed by atoms with E-state index in [0.717, 1.165) is 161 Å². The first-order valence-electron chi connectivity index (χ1n) is 33.2. The van der Waals surface area contributed by atoms with E-state index in [1.54, 1.807) is 0 Å². The van der Waals surface area contributed by atoms with Gasteiger partial charge in [0.25, 0.3) is 0 Å². The van der Waals surface area contributed by atoms with E-state index in [1.165, 1.54) is 96.3 Å². The fourth-order valence-corrected chi connectivity index (χ4v) is 9.00. The third kappa shape index (κ3) is 64.4. The average molecular weight is 1110 g/mol. The van der Waals surface area contributed by atoms with Crippen LogP contribution in [0.5, 0.6) is 0 Å². The highest BCUT2D eigenvalue weighted by Gasteiger charge is 2.19. The summed E-state index contributed by atoms with van der Waals surface area (Å²) < 4.78 is 16.9. The van der Waals surface area contributed by atoms with Crippen molar-refractivity contribution in [3.8, 4) is 0 Å². The largest absolute Gasteiger partial charge is 0.462 e. The van der Waals surface area contributed by atoms with Crippen LogP contribution in [0.1, 0.15) is 297 Å². The van der Waals surface area contributed by atoms with E-state index in [0.29, 0.717) is 19.3 Å². The molecule has 454 valence electrons. The first-order chi connectivity index (χ1) is 39.5. The third-order valence-electron chi connectivity index (χ3n) is 13.9. The number of ether oxygens (including phenoxy) is 3. The quantitative estimate of drug-likeness (QED) is 0.0261. The van der Waals surface area contributed by atoms with Gasteiger partial charge in [-0.3, -0.25) is 14.4 Å². The Morgan fingerprint density at radius 3 is 0.762 bits per heavy atom. The van der Waals surface area contributed by atoms with Crippen molar-refractivity contribution in [3.05, 3.63) is 134 Å². The summed E-state index contributed by atoms with van der Waals surface area (Å²) in [4.78, 5) is 38.4. The molecule has 80 heavy (non-hydrogen) atoms. The molecule has 0 fully saturated rings. The van der Waals surface area contributed by atoms with E-state index in [-0.39, 0.29) is 31.1 Å². The van der Waals surface area contributed by atoms with Crippen LogP contribution in [0.4, 0.5) is 0 Å². The van der Waals surface area contributed by atoms with Crippen molar-refractivity contribution in [3.63, 3.8) is 0 Å². The minimum atomic E-state index is -0.800. The number of carbonyl (C=O) groups is 3. The van der Waals surface area contributed by atoms with Gasteiger partial charge in [0.2, 0.25) is 0 Å². The molecule has 6 heteroatoms. The molecule has 0 aromatic rings. The van der Waals surface area contributed by atoms with Gasteiger partial charge < -0.3 is 14.2 Å². The molecule has 0 spiro atoms. The Hall–Kier alpha value is -4.45. The lowest BCUT2D eigenvalue weighted by Crippen LogP contribution is -2.30. The molecule has 0 saturated carbocycles. The minimum Gasteiger partial charge on any atom is -0.462 e. The second-order valence-electron chi connectivity index (χ2n) is 21.6. The molecule has 1 unspecified atom stereocenters. The zero-order chi connectivity index (χ0) is 57.8. The van der Waals surface area contributed by atoms with Crippen molar-refractivity contribution in [2.45, 2.75) is 303 Å². The zero-order valence-corrected chi connectivity index (χ0v) is 52.0. The lowest BCUT2D eigenvalue weighted by Gasteiger charge is -2.18. The number of esters is 3. The Bertz CT molecular complexity index is 1700. The van der Waals surface area contributed by atoms with Crippen LogP contribution in [-0.4, -0.2) is 37.2 Å². The molecule has 0 amide bonds. The molecule has 1 atom stereocenters. The second-order valence-corrected chi connectivity index (χ2v) is 21.6. The van der Waals surface area contributed by atoms with Crippen molar-refractivity contribution in [2.24, 2.45) is 0 Å². The molecule has 0 heterocycles. The zero-order valence-electron chi connectivity index (χ0n) is 52.0. The highest BCUT2D eigenvalue weighted by atomic mass is 16.6. The number of carbonyl (C=O) groups excluding carboxylic acids is 3.